The molecule has 0 aromatic carbocycles. The fraction of sp³-hybridized carbons (Fsp3) is 0.778. The van der Waals surface area contributed by atoms with Gasteiger partial charge in [-0.25, -0.2) is 0 Å². The van der Waals surface area contributed by atoms with E-state index in [1.165, 1.54) is 0 Å². The van der Waals surface area contributed by atoms with E-state index in [-0.39, 0.29) is 11.7 Å². The number of hydrogen-bond donors (Lipinski definition) is 1. The first-order valence-electron chi connectivity index (χ1n) is 4.23. The van der Waals surface area contributed by atoms with Gasteiger partial charge in [-0.15, -0.1) is 0 Å². The predicted octanol–water partition coefficient (Wildman–Crippen LogP) is 1.71. The maximum Gasteiger partial charge on any atom is 0.306 e. The molecule has 0 aliphatic rings. The third-order valence-corrected chi connectivity index (χ3v) is 2.19. The number of ketones is 1. The molecule has 3 heteroatoms. The van der Waals surface area contributed by atoms with Crippen LogP contribution in [0.4, 0.5) is 0 Å². The fourth-order valence-electron chi connectivity index (χ4n) is 0.924. The van der Waals surface area contributed by atoms with Crippen molar-refractivity contribution < 1.29 is 14.7 Å². The lowest BCUT2D eigenvalue weighted by molar-refractivity contribution is -0.143. The minimum atomic E-state index is -0.827. The topological polar surface area (TPSA) is 54.4 Å². The normalized spacial score (nSPS) is 15.2. The van der Waals surface area contributed by atoms with E-state index in [4.69, 9.17) is 5.11 Å². The zero-order valence-electron chi connectivity index (χ0n) is 7.83. The minimum Gasteiger partial charge on any atom is -0.481 e. The molecular formula is C9H16O3. The summed E-state index contributed by atoms with van der Waals surface area (Å²) in [5.74, 6) is -1.18. The minimum absolute atomic E-state index is 0.0602. The Bertz CT molecular complexity index is 175. The molecule has 0 aliphatic carbocycles. The third-order valence-electron chi connectivity index (χ3n) is 2.19. The van der Waals surface area contributed by atoms with Crippen LogP contribution in [0.5, 0.6) is 0 Å². The Morgan fingerprint density at radius 1 is 1.33 bits per heavy atom. The van der Waals surface area contributed by atoms with Gasteiger partial charge in [0.05, 0.1) is 5.92 Å². The molecule has 0 saturated carbocycles. The fourth-order valence-corrected chi connectivity index (χ4v) is 0.924. The van der Waals surface area contributed by atoms with Crippen LogP contribution in [-0.4, -0.2) is 16.9 Å². The van der Waals surface area contributed by atoms with E-state index in [0.29, 0.717) is 12.8 Å². The van der Waals surface area contributed by atoms with Gasteiger partial charge in [-0.05, 0) is 5.92 Å². The largest absolute Gasteiger partial charge is 0.481 e. The van der Waals surface area contributed by atoms with Crippen LogP contribution < -0.4 is 0 Å². The lowest BCUT2D eigenvalue weighted by Crippen LogP contribution is -2.20. The molecule has 0 amide bonds. The summed E-state index contributed by atoms with van der Waals surface area (Å²) in [4.78, 5) is 21.5. The van der Waals surface area contributed by atoms with Gasteiger partial charge in [0, 0.05) is 12.8 Å². The van der Waals surface area contributed by atoms with Crippen molar-refractivity contribution in [2.45, 2.75) is 33.6 Å². The van der Waals surface area contributed by atoms with Gasteiger partial charge in [0.25, 0.3) is 0 Å². The van der Waals surface area contributed by atoms with Gasteiger partial charge >= 0.3 is 5.97 Å². The molecule has 0 bridgehead atoms. The summed E-state index contributed by atoms with van der Waals surface area (Å²) in [5.41, 5.74) is 0. The number of carbonyl (C=O) groups is 2. The van der Waals surface area contributed by atoms with Crippen LogP contribution in [-0.2, 0) is 9.59 Å². The highest BCUT2D eigenvalue weighted by Crippen LogP contribution is 2.15. The van der Waals surface area contributed by atoms with Crippen LogP contribution in [0.15, 0.2) is 0 Å². The standard InChI is InChI=1S/C9H16O3/c1-4-8(10)5-6(2)7(3)9(11)12/h6-7H,4-5H2,1-3H3,(H,11,12). The van der Waals surface area contributed by atoms with Gasteiger partial charge in [-0.3, -0.25) is 9.59 Å². The Morgan fingerprint density at radius 2 is 1.83 bits per heavy atom. The molecule has 0 fully saturated rings. The Hall–Kier alpha value is -0.860. The number of carbonyl (C=O) groups excluding carboxylic acids is 1. The lowest BCUT2D eigenvalue weighted by atomic mass is 9.91. The SMILES string of the molecule is CCC(=O)CC(C)C(C)C(=O)O. The van der Waals surface area contributed by atoms with Crippen LogP contribution in [0.25, 0.3) is 0 Å². The van der Waals surface area contributed by atoms with Gasteiger partial charge in [-0.1, -0.05) is 20.8 Å². The van der Waals surface area contributed by atoms with Crippen LogP contribution in [0.3, 0.4) is 0 Å². The van der Waals surface area contributed by atoms with Crippen molar-refractivity contribution in [3.8, 4) is 0 Å². The molecule has 3 nitrogen and oxygen atoms in total. The van der Waals surface area contributed by atoms with Crippen molar-refractivity contribution >= 4 is 11.8 Å². The summed E-state index contributed by atoms with van der Waals surface area (Å²) in [7, 11) is 0. The summed E-state index contributed by atoms with van der Waals surface area (Å²) in [5, 5.41) is 8.63. The first-order valence-corrected chi connectivity index (χ1v) is 4.23. The highest BCUT2D eigenvalue weighted by atomic mass is 16.4. The van der Waals surface area contributed by atoms with E-state index < -0.39 is 11.9 Å². The number of aliphatic carboxylic acids is 1. The Morgan fingerprint density at radius 3 is 2.17 bits per heavy atom. The predicted molar refractivity (Wildman–Crippen MR) is 45.9 cm³/mol. The van der Waals surface area contributed by atoms with Gasteiger partial charge in [0.15, 0.2) is 0 Å². The van der Waals surface area contributed by atoms with Crippen molar-refractivity contribution in [2.75, 3.05) is 0 Å². The maximum atomic E-state index is 11.0. The molecule has 2 atom stereocenters. The Labute approximate surface area is 72.8 Å². The highest BCUT2D eigenvalue weighted by Gasteiger charge is 2.20. The molecule has 0 aliphatic heterocycles. The second kappa shape index (κ2) is 4.91. The first kappa shape index (κ1) is 11.1. The summed E-state index contributed by atoms with van der Waals surface area (Å²) < 4.78 is 0. The van der Waals surface area contributed by atoms with Gasteiger partial charge in [-0.2, -0.15) is 0 Å². The molecule has 0 aromatic rings. The quantitative estimate of drug-likeness (QED) is 0.686. The number of carboxylic acids is 1. The van der Waals surface area contributed by atoms with E-state index in [1.54, 1.807) is 20.8 Å². The Kier molecular flexibility index (Phi) is 4.55. The summed E-state index contributed by atoms with van der Waals surface area (Å²) in [6.07, 6.45) is 0.876. The van der Waals surface area contributed by atoms with Crippen molar-refractivity contribution in [1.82, 2.24) is 0 Å². The van der Waals surface area contributed by atoms with Crippen molar-refractivity contribution in [3.05, 3.63) is 0 Å². The second-order valence-corrected chi connectivity index (χ2v) is 3.20. The smallest absolute Gasteiger partial charge is 0.306 e. The second-order valence-electron chi connectivity index (χ2n) is 3.20. The molecular weight excluding hydrogens is 156 g/mol. The number of hydrogen-bond acceptors (Lipinski definition) is 2. The van der Waals surface area contributed by atoms with E-state index in [0.717, 1.165) is 0 Å². The molecule has 70 valence electrons. The monoisotopic (exact) mass is 172 g/mol. The van der Waals surface area contributed by atoms with E-state index in [1.807, 2.05) is 0 Å². The average molecular weight is 172 g/mol. The van der Waals surface area contributed by atoms with E-state index in [2.05, 4.69) is 0 Å². The molecule has 0 radical (unpaired) electrons. The maximum absolute atomic E-state index is 11.0. The van der Waals surface area contributed by atoms with Crippen LogP contribution in [0.2, 0.25) is 0 Å². The molecule has 0 aromatic heterocycles. The molecule has 12 heavy (non-hydrogen) atoms. The summed E-state index contributed by atoms with van der Waals surface area (Å²) in [6, 6.07) is 0. The van der Waals surface area contributed by atoms with Crippen LogP contribution >= 0.6 is 0 Å². The molecule has 2 unspecified atom stereocenters. The van der Waals surface area contributed by atoms with E-state index in [9.17, 15) is 9.59 Å². The highest BCUT2D eigenvalue weighted by molar-refractivity contribution is 5.79. The molecule has 0 heterocycles. The molecule has 0 saturated heterocycles. The van der Waals surface area contributed by atoms with Crippen molar-refractivity contribution in [3.63, 3.8) is 0 Å². The van der Waals surface area contributed by atoms with Crippen molar-refractivity contribution in [1.29, 1.82) is 0 Å². The zero-order chi connectivity index (χ0) is 9.72. The van der Waals surface area contributed by atoms with Gasteiger partial charge < -0.3 is 5.11 Å². The number of rotatable bonds is 5. The van der Waals surface area contributed by atoms with Crippen LogP contribution in [0, 0.1) is 11.8 Å². The van der Waals surface area contributed by atoms with E-state index >= 15 is 0 Å². The molecule has 0 spiro atoms. The number of Topliss-reactive ketones (excluding diaryl/α,β-unsaturated/α-hetero) is 1. The third kappa shape index (κ3) is 3.51. The van der Waals surface area contributed by atoms with Gasteiger partial charge in [0.1, 0.15) is 5.78 Å². The molecule has 0 rings (SSSR count). The summed E-state index contributed by atoms with van der Waals surface area (Å²) in [6.45, 7) is 5.22. The molecule has 1 N–H and O–H groups in total. The van der Waals surface area contributed by atoms with Gasteiger partial charge in [0.2, 0.25) is 0 Å². The zero-order valence-corrected chi connectivity index (χ0v) is 7.83. The average Bonchev–Trinajstić information content (AvgIpc) is 2.02. The summed E-state index contributed by atoms with van der Waals surface area (Å²) >= 11 is 0. The van der Waals surface area contributed by atoms with Crippen LogP contribution in [0.1, 0.15) is 33.6 Å². The van der Waals surface area contributed by atoms with Crippen molar-refractivity contribution in [2.24, 2.45) is 11.8 Å². The number of carboxylic acid groups (broad SMARTS) is 1. The Balaban J connectivity index is 3.94. The first-order chi connectivity index (χ1) is 5.49. The lowest BCUT2D eigenvalue weighted by Gasteiger charge is -2.13.